The van der Waals surface area contributed by atoms with Crippen molar-refractivity contribution in [1.29, 1.82) is 0 Å². The quantitative estimate of drug-likeness (QED) is 0.846. The highest BCUT2D eigenvalue weighted by atomic mass is 15.1. The molecule has 2 N–H and O–H groups in total. The van der Waals surface area contributed by atoms with Crippen LogP contribution < -0.4 is 5.73 Å². The van der Waals surface area contributed by atoms with Crippen molar-refractivity contribution in [3.05, 3.63) is 30.1 Å². The third-order valence-electron chi connectivity index (χ3n) is 3.73. The lowest BCUT2D eigenvalue weighted by Gasteiger charge is -2.25. The predicted octanol–water partition coefficient (Wildman–Crippen LogP) is 2.03. The zero-order valence-corrected chi connectivity index (χ0v) is 10.7. The van der Waals surface area contributed by atoms with Crippen LogP contribution in [0.3, 0.4) is 0 Å². The van der Waals surface area contributed by atoms with Crippen molar-refractivity contribution < 1.29 is 0 Å². The summed E-state index contributed by atoms with van der Waals surface area (Å²) in [4.78, 5) is 6.35. The van der Waals surface area contributed by atoms with E-state index in [0.29, 0.717) is 6.04 Å². The van der Waals surface area contributed by atoms with Gasteiger partial charge in [0, 0.05) is 31.5 Å². The summed E-state index contributed by atoms with van der Waals surface area (Å²) < 4.78 is 0. The first-order chi connectivity index (χ1) is 8.25. The van der Waals surface area contributed by atoms with Gasteiger partial charge < -0.3 is 10.6 Å². The Bertz CT molecular complexity index is 319. The van der Waals surface area contributed by atoms with Gasteiger partial charge in [-0.15, -0.1) is 0 Å². The molecule has 1 aliphatic carbocycles. The van der Waals surface area contributed by atoms with Gasteiger partial charge in [-0.25, -0.2) is 0 Å². The van der Waals surface area contributed by atoms with Crippen LogP contribution >= 0.6 is 0 Å². The van der Waals surface area contributed by atoms with Crippen LogP contribution in [0.2, 0.25) is 0 Å². The number of hydrogen-bond acceptors (Lipinski definition) is 3. The minimum absolute atomic E-state index is 0.337. The van der Waals surface area contributed by atoms with Crippen molar-refractivity contribution in [2.24, 2.45) is 11.7 Å². The Morgan fingerprint density at radius 1 is 1.35 bits per heavy atom. The summed E-state index contributed by atoms with van der Waals surface area (Å²) in [6.45, 7) is 1.95. The molecular weight excluding hydrogens is 210 g/mol. The Hall–Kier alpha value is -0.930. The van der Waals surface area contributed by atoms with Gasteiger partial charge in [0.25, 0.3) is 0 Å². The zero-order chi connectivity index (χ0) is 12.1. The largest absolute Gasteiger partial charge is 0.326 e. The topological polar surface area (TPSA) is 42.2 Å². The Labute approximate surface area is 104 Å². The molecule has 1 heterocycles. The molecule has 94 valence electrons. The molecule has 1 aliphatic rings. The van der Waals surface area contributed by atoms with Crippen molar-refractivity contribution in [2.45, 2.75) is 38.3 Å². The van der Waals surface area contributed by atoms with Crippen molar-refractivity contribution in [3.63, 3.8) is 0 Å². The monoisotopic (exact) mass is 233 g/mol. The second-order valence-corrected chi connectivity index (χ2v) is 5.26. The fraction of sp³-hybridized carbons (Fsp3) is 0.643. The SMILES string of the molecule is CN(Cc1ccncc1)CC(N)C1CCCC1. The van der Waals surface area contributed by atoms with Gasteiger partial charge in [0.1, 0.15) is 0 Å². The van der Waals surface area contributed by atoms with Gasteiger partial charge in [-0.2, -0.15) is 0 Å². The molecular formula is C14H23N3. The van der Waals surface area contributed by atoms with Gasteiger partial charge in [-0.05, 0) is 43.5 Å². The first-order valence-electron chi connectivity index (χ1n) is 6.59. The molecule has 3 heteroatoms. The van der Waals surface area contributed by atoms with Crippen molar-refractivity contribution >= 4 is 0 Å². The number of nitrogens with two attached hydrogens (primary N) is 1. The highest BCUT2D eigenvalue weighted by Crippen LogP contribution is 2.27. The van der Waals surface area contributed by atoms with Crippen LogP contribution in [0.5, 0.6) is 0 Å². The van der Waals surface area contributed by atoms with Crippen LogP contribution in [-0.4, -0.2) is 29.5 Å². The minimum Gasteiger partial charge on any atom is -0.326 e. The van der Waals surface area contributed by atoms with Gasteiger partial charge in [0.15, 0.2) is 0 Å². The van der Waals surface area contributed by atoms with E-state index < -0.39 is 0 Å². The summed E-state index contributed by atoms with van der Waals surface area (Å²) in [5.74, 6) is 0.745. The van der Waals surface area contributed by atoms with Crippen LogP contribution in [0, 0.1) is 5.92 Å². The molecule has 3 nitrogen and oxygen atoms in total. The number of likely N-dealkylation sites (N-methyl/N-ethyl adjacent to an activating group) is 1. The summed E-state index contributed by atoms with van der Waals surface area (Å²) >= 11 is 0. The Morgan fingerprint density at radius 3 is 2.65 bits per heavy atom. The predicted molar refractivity (Wildman–Crippen MR) is 70.5 cm³/mol. The smallest absolute Gasteiger partial charge is 0.0271 e. The van der Waals surface area contributed by atoms with E-state index in [1.165, 1.54) is 31.2 Å². The zero-order valence-electron chi connectivity index (χ0n) is 10.7. The molecule has 0 amide bonds. The van der Waals surface area contributed by atoms with E-state index in [1.54, 1.807) is 0 Å². The van der Waals surface area contributed by atoms with Gasteiger partial charge >= 0.3 is 0 Å². The Kier molecular flexibility index (Phi) is 4.51. The molecule has 1 aromatic rings. The molecule has 1 saturated carbocycles. The molecule has 1 fully saturated rings. The molecule has 0 radical (unpaired) electrons. The molecule has 0 saturated heterocycles. The molecule has 1 atom stereocenters. The molecule has 0 aliphatic heterocycles. The molecule has 17 heavy (non-hydrogen) atoms. The lowest BCUT2D eigenvalue weighted by Crippen LogP contribution is -2.39. The average Bonchev–Trinajstić information content (AvgIpc) is 2.83. The normalized spacial score (nSPS) is 18.8. The standard InChI is InChI=1S/C14H23N3/c1-17(10-12-6-8-16-9-7-12)11-14(15)13-4-2-3-5-13/h6-9,13-14H,2-5,10-11,15H2,1H3. The Balaban J connectivity index is 1.78. The maximum absolute atomic E-state index is 6.28. The summed E-state index contributed by atoms with van der Waals surface area (Å²) in [7, 11) is 2.15. The third-order valence-corrected chi connectivity index (χ3v) is 3.73. The molecule has 1 aromatic heterocycles. The number of hydrogen-bond donors (Lipinski definition) is 1. The van der Waals surface area contributed by atoms with Crippen LogP contribution in [0.1, 0.15) is 31.2 Å². The summed E-state index contributed by atoms with van der Waals surface area (Å²) in [5.41, 5.74) is 7.59. The first kappa shape index (κ1) is 12.5. The van der Waals surface area contributed by atoms with E-state index in [4.69, 9.17) is 5.73 Å². The third kappa shape index (κ3) is 3.79. The lowest BCUT2D eigenvalue weighted by molar-refractivity contribution is 0.264. The Morgan fingerprint density at radius 2 is 2.00 bits per heavy atom. The van der Waals surface area contributed by atoms with Crippen LogP contribution in [0.4, 0.5) is 0 Å². The van der Waals surface area contributed by atoms with E-state index in [9.17, 15) is 0 Å². The summed E-state index contributed by atoms with van der Waals surface area (Å²) in [6.07, 6.45) is 9.08. The van der Waals surface area contributed by atoms with Crippen LogP contribution in [0.25, 0.3) is 0 Å². The van der Waals surface area contributed by atoms with Crippen LogP contribution in [0.15, 0.2) is 24.5 Å². The van der Waals surface area contributed by atoms with Gasteiger partial charge in [-0.3, -0.25) is 4.98 Å². The highest BCUT2D eigenvalue weighted by molar-refractivity contribution is 5.09. The highest BCUT2D eigenvalue weighted by Gasteiger charge is 2.22. The average molecular weight is 233 g/mol. The molecule has 1 unspecified atom stereocenters. The van der Waals surface area contributed by atoms with Gasteiger partial charge in [0.05, 0.1) is 0 Å². The van der Waals surface area contributed by atoms with Crippen molar-refractivity contribution in [1.82, 2.24) is 9.88 Å². The van der Waals surface area contributed by atoms with E-state index in [-0.39, 0.29) is 0 Å². The number of pyridine rings is 1. The number of rotatable bonds is 5. The second kappa shape index (κ2) is 6.12. The van der Waals surface area contributed by atoms with Crippen LogP contribution in [-0.2, 0) is 6.54 Å². The fourth-order valence-electron chi connectivity index (χ4n) is 2.76. The van der Waals surface area contributed by atoms with Gasteiger partial charge in [0.2, 0.25) is 0 Å². The molecule has 0 spiro atoms. The minimum atomic E-state index is 0.337. The summed E-state index contributed by atoms with van der Waals surface area (Å²) in [6, 6.07) is 4.47. The molecule has 0 aromatic carbocycles. The second-order valence-electron chi connectivity index (χ2n) is 5.26. The number of aromatic nitrogens is 1. The molecule has 2 rings (SSSR count). The maximum atomic E-state index is 6.28. The number of nitrogens with zero attached hydrogens (tertiary/aromatic N) is 2. The van der Waals surface area contributed by atoms with Crippen molar-refractivity contribution in [3.8, 4) is 0 Å². The van der Waals surface area contributed by atoms with Crippen molar-refractivity contribution in [2.75, 3.05) is 13.6 Å². The van der Waals surface area contributed by atoms with Gasteiger partial charge in [-0.1, -0.05) is 12.8 Å². The van der Waals surface area contributed by atoms with E-state index in [1.807, 2.05) is 12.4 Å². The maximum Gasteiger partial charge on any atom is 0.0271 e. The molecule has 0 bridgehead atoms. The lowest BCUT2D eigenvalue weighted by atomic mass is 9.98. The summed E-state index contributed by atoms with van der Waals surface area (Å²) in [5, 5.41) is 0. The fourth-order valence-corrected chi connectivity index (χ4v) is 2.76. The van der Waals surface area contributed by atoms with E-state index >= 15 is 0 Å². The van der Waals surface area contributed by atoms with E-state index in [2.05, 4.69) is 29.1 Å². The first-order valence-corrected chi connectivity index (χ1v) is 6.59. The van der Waals surface area contributed by atoms with E-state index in [0.717, 1.165) is 19.0 Å².